The highest BCUT2D eigenvalue weighted by Gasteiger charge is 2.15. The molecule has 1 N–H and O–H groups in total. The van der Waals surface area contributed by atoms with Crippen molar-refractivity contribution in [2.24, 2.45) is 0 Å². The van der Waals surface area contributed by atoms with Crippen molar-refractivity contribution in [2.75, 3.05) is 0 Å². The third-order valence-corrected chi connectivity index (χ3v) is 2.00. The molecule has 1 heterocycles. The topological polar surface area (TPSA) is 67.5 Å². The van der Waals surface area contributed by atoms with E-state index in [4.69, 9.17) is 9.52 Å². The zero-order valence-electron chi connectivity index (χ0n) is 7.67. The first kappa shape index (κ1) is 9.51. The molecule has 0 radical (unpaired) electrons. The lowest BCUT2D eigenvalue weighted by Gasteiger charge is -2.03. The van der Waals surface area contributed by atoms with Gasteiger partial charge in [0.1, 0.15) is 5.76 Å². The van der Waals surface area contributed by atoms with Crippen molar-refractivity contribution >= 4 is 5.97 Å². The van der Waals surface area contributed by atoms with E-state index in [-0.39, 0.29) is 16.8 Å². The van der Waals surface area contributed by atoms with Gasteiger partial charge in [-0.1, -0.05) is 0 Å². The summed E-state index contributed by atoms with van der Waals surface area (Å²) in [5, 5.41) is 8.67. The number of rotatable bonds is 1. The maximum Gasteiger partial charge on any atom is 0.372 e. The van der Waals surface area contributed by atoms with Crippen molar-refractivity contribution < 1.29 is 14.3 Å². The first-order chi connectivity index (χ1) is 5.95. The lowest BCUT2D eigenvalue weighted by molar-refractivity contribution is 0.0656. The average molecular weight is 182 g/mol. The van der Waals surface area contributed by atoms with E-state index in [1.165, 1.54) is 6.92 Å². The molecule has 0 spiro atoms. The minimum atomic E-state index is -1.21. The van der Waals surface area contributed by atoms with Crippen LogP contribution in [0.5, 0.6) is 0 Å². The van der Waals surface area contributed by atoms with E-state index < -0.39 is 5.97 Å². The average Bonchev–Trinajstić information content (AvgIpc) is 2.07. The summed E-state index contributed by atoms with van der Waals surface area (Å²) in [4.78, 5) is 22.0. The molecule has 0 saturated heterocycles. The van der Waals surface area contributed by atoms with E-state index >= 15 is 0 Å². The molecule has 1 aromatic heterocycles. The van der Waals surface area contributed by atoms with Crippen molar-refractivity contribution in [1.29, 1.82) is 0 Å². The van der Waals surface area contributed by atoms with Crippen molar-refractivity contribution in [2.45, 2.75) is 20.8 Å². The molecular formula is C9H10O4. The molecule has 0 atom stereocenters. The number of hydrogen-bond acceptors (Lipinski definition) is 3. The summed E-state index contributed by atoms with van der Waals surface area (Å²) < 4.78 is 4.98. The molecule has 0 bridgehead atoms. The lowest BCUT2D eigenvalue weighted by Crippen LogP contribution is -2.16. The van der Waals surface area contributed by atoms with Crippen LogP contribution in [-0.2, 0) is 0 Å². The van der Waals surface area contributed by atoms with Crippen molar-refractivity contribution in [3.63, 3.8) is 0 Å². The second-order valence-electron chi connectivity index (χ2n) is 2.87. The second-order valence-corrected chi connectivity index (χ2v) is 2.87. The minimum absolute atomic E-state index is 0.149. The fraction of sp³-hybridized carbons (Fsp3) is 0.333. The normalized spacial score (nSPS) is 10.1. The van der Waals surface area contributed by atoms with Gasteiger partial charge in [-0.3, -0.25) is 4.79 Å². The third-order valence-electron chi connectivity index (χ3n) is 2.00. The first-order valence-corrected chi connectivity index (χ1v) is 3.79. The molecule has 0 aliphatic rings. The first-order valence-electron chi connectivity index (χ1n) is 3.79. The van der Waals surface area contributed by atoms with Crippen LogP contribution in [0.4, 0.5) is 0 Å². The molecule has 0 aromatic carbocycles. The van der Waals surface area contributed by atoms with Crippen LogP contribution in [0.25, 0.3) is 0 Å². The highest BCUT2D eigenvalue weighted by Crippen LogP contribution is 2.09. The van der Waals surface area contributed by atoms with Gasteiger partial charge in [0.05, 0.1) is 0 Å². The Hall–Kier alpha value is -1.58. The Balaban J connectivity index is 3.60. The number of aromatic carboxylic acids is 1. The Kier molecular flexibility index (Phi) is 2.23. The van der Waals surface area contributed by atoms with Crippen molar-refractivity contribution in [3.05, 3.63) is 32.9 Å². The van der Waals surface area contributed by atoms with Gasteiger partial charge in [-0.25, -0.2) is 4.79 Å². The largest absolute Gasteiger partial charge is 0.475 e. The van der Waals surface area contributed by atoms with Crippen LogP contribution < -0.4 is 5.43 Å². The van der Waals surface area contributed by atoms with Crippen molar-refractivity contribution in [1.82, 2.24) is 0 Å². The van der Waals surface area contributed by atoms with E-state index in [0.29, 0.717) is 11.3 Å². The smallest absolute Gasteiger partial charge is 0.372 e. The fourth-order valence-electron chi connectivity index (χ4n) is 1.05. The summed E-state index contributed by atoms with van der Waals surface area (Å²) >= 11 is 0. The van der Waals surface area contributed by atoms with Crippen LogP contribution in [0.3, 0.4) is 0 Å². The van der Waals surface area contributed by atoms with Gasteiger partial charge in [-0.2, -0.15) is 0 Å². The van der Waals surface area contributed by atoms with E-state index in [0.717, 1.165) is 0 Å². The van der Waals surface area contributed by atoms with Gasteiger partial charge in [0.2, 0.25) is 5.76 Å². The van der Waals surface area contributed by atoms with Gasteiger partial charge in [0.15, 0.2) is 5.43 Å². The Morgan fingerprint density at radius 3 is 2.23 bits per heavy atom. The summed E-state index contributed by atoms with van der Waals surface area (Å²) in [6, 6.07) is 0. The maximum atomic E-state index is 11.4. The Morgan fingerprint density at radius 2 is 1.77 bits per heavy atom. The predicted octanol–water partition coefficient (Wildman–Crippen LogP) is 1.26. The van der Waals surface area contributed by atoms with Crippen LogP contribution in [-0.4, -0.2) is 11.1 Å². The standard InChI is InChI=1S/C9H10O4/c1-4-6(3)13-8(9(11)12)5(2)7(4)10/h1-3H3,(H,11,12). The maximum absolute atomic E-state index is 11.4. The van der Waals surface area contributed by atoms with Gasteiger partial charge in [-0.05, 0) is 20.8 Å². The zero-order valence-corrected chi connectivity index (χ0v) is 7.67. The monoisotopic (exact) mass is 182 g/mol. The molecule has 4 heteroatoms. The van der Waals surface area contributed by atoms with E-state index in [2.05, 4.69) is 0 Å². The minimum Gasteiger partial charge on any atom is -0.475 e. The quantitative estimate of drug-likeness (QED) is 0.710. The third kappa shape index (κ3) is 1.47. The molecule has 0 fully saturated rings. The molecule has 4 nitrogen and oxygen atoms in total. The summed E-state index contributed by atoms with van der Waals surface area (Å²) in [6.45, 7) is 4.63. The number of aryl methyl sites for hydroxylation is 1. The van der Waals surface area contributed by atoms with E-state index in [9.17, 15) is 9.59 Å². The molecule has 1 rings (SSSR count). The van der Waals surface area contributed by atoms with Gasteiger partial charge in [0, 0.05) is 11.1 Å². The number of carboxylic acids is 1. The molecular weight excluding hydrogens is 172 g/mol. The molecule has 0 amide bonds. The van der Waals surface area contributed by atoms with Gasteiger partial charge in [0.25, 0.3) is 0 Å². The van der Waals surface area contributed by atoms with Crippen LogP contribution in [0.2, 0.25) is 0 Å². The number of hydrogen-bond donors (Lipinski definition) is 1. The molecule has 0 unspecified atom stereocenters. The lowest BCUT2D eigenvalue weighted by atomic mass is 10.1. The fourth-order valence-corrected chi connectivity index (χ4v) is 1.05. The zero-order chi connectivity index (χ0) is 10.2. The highest BCUT2D eigenvalue weighted by atomic mass is 16.4. The van der Waals surface area contributed by atoms with E-state index in [1.54, 1.807) is 13.8 Å². The number of carbonyl (C=O) groups is 1. The Morgan fingerprint density at radius 1 is 1.23 bits per heavy atom. The SMILES string of the molecule is Cc1oc(C(=O)O)c(C)c(=O)c1C. The summed E-state index contributed by atoms with van der Waals surface area (Å²) in [6.07, 6.45) is 0. The van der Waals surface area contributed by atoms with Crippen molar-refractivity contribution in [3.8, 4) is 0 Å². The van der Waals surface area contributed by atoms with E-state index in [1.807, 2.05) is 0 Å². The van der Waals surface area contributed by atoms with Crippen LogP contribution in [0.1, 0.15) is 27.4 Å². The summed E-state index contributed by atoms with van der Waals surface area (Å²) in [7, 11) is 0. The predicted molar refractivity (Wildman–Crippen MR) is 46.1 cm³/mol. The summed E-state index contributed by atoms with van der Waals surface area (Å²) in [5.41, 5.74) is 0.347. The summed E-state index contributed by atoms with van der Waals surface area (Å²) in [5.74, 6) is -1.13. The molecule has 0 aliphatic carbocycles. The highest BCUT2D eigenvalue weighted by molar-refractivity contribution is 5.85. The molecule has 70 valence electrons. The van der Waals surface area contributed by atoms with Crippen LogP contribution in [0.15, 0.2) is 9.21 Å². The molecule has 1 aromatic rings. The molecule has 0 saturated carbocycles. The molecule has 13 heavy (non-hydrogen) atoms. The molecule has 0 aliphatic heterocycles. The van der Waals surface area contributed by atoms with Crippen LogP contribution >= 0.6 is 0 Å². The second kappa shape index (κ2) is 3.05. The van der Waals surface area contributed by atoms with Crippen LogP contribution in [0, 0.1) is 20.8 Å². The Bertz CT molecular complexity index is 414. The number of carboxylic acid groups (broad SMARTS) is 1. The Labute approximate surface area is 74.8 Å². The van der Waals surface area contributed by atoms with Gasteiger partial charge in [-0.15, -0.1) is 0 Å². The van der Waals surface area contributed by atoms with Gasteiger partial charge < -0.3 is 9.52 Å². The van der Waals surface area contributed by atoms with Gasteiger partial charge >= 0.3 is 5.97 Å².